The number of benzene rings is 1. The van der Waals surface area contributed by atoms with Gasteiger partial charge in [-0.2, -0.15) is 0 Å². The van der Waals surface area contributed by atoms with Gasteiger partial charge in [-0.05, 0) is 35.0 Å². The Kier molecular flexibility index (Phi) is 4.78. The molecule has 1 aromatic carbocycles. The molecule has 1 amide bonds. The third kappa shape index (κ3) is 3.38. The van der Waals surface area contributed by atoms with Crippen molar-refractivity contribution in [2.75, 3.05) is 12.4 Å². The fourth-order valence-corrected chi connectivity index (χ4v) is 3.71. The SMILES string of the molecule is COc1cc(C(=O)Nc2nc(C)c(-c3nccn3C)s2)cc(Br)c1O. The van der Waals surface area contributed by atoms with Gasteiger partial charge in [-0.15, -0.1) is 0 Å². The molecule has 0 aliphatic heterocycles. The smallest absolute Gasteiger partial charge is 0.257 e. The summed E-state index contributed by atoms with van der Waals surface area (Å²) in [5.74, 6) is 0.605. The number of aryl methyl sites for hydroxylation is 2. The largest absolute Gasteiger partial charge is 0.503 e. The van der Waals surface area contributed by atoms with E-state index in [-0.39, 0.29) is 17.4 Å². The number of thiazole rings is 1. The molecular weight excluding hydrogens is 408 g/mol. The molecule has 0 saturated heterocycles. The maximum absolute atomic E-state index is 12.5. The zero-order valence-corrected chi connectivity index (χ0v) is 16.1. The molecule has 25 heavy (non-hydrogen) atoms. The molecule has 9 heteroatoms. The van der Waals surface area contributed by atoms with Crippen LogP contribution in [0.3, 0.4) is 0 Å². The Morgan fingerprint density at radius 3 is 2.84 bits per heavy atom. The first kappa shape index (κ1) is 17.4. The monoisotopic (exact) mass is 422 g/mol. The molecule has 0 aliphatic carbocycles. The van der Waals surface area contributed by atoms with Crippen molar-refractivity contribution >= 4 is 38.3 Å². The van der Waals surface area contributed by atoms with Crippen LogP contribution in [0.15, 0.2) is 29.0 Å². The standard InChI is InChI=1S/C16H15BrN4O3S/c1-8-13(14-18-4-5-21(14)2)25-16(19-8)20-15(23)9-6-10(17)12(22)11(7-9)24-3/h4-7,22H,1-3H3,(H,19,20,23). The lowest BCUT2D eigenvalue weighted by Crippen LogP contribution is -2.12. The van der Waals surface area contributed by atoms with E-state index in [1.165, 1.54) is 30.6 Å². The van der Waals surface area contributed by atoms with Crippen LogP contribution in [-0.4, -0.2) is 32.7 Å². The van der Waals surface area contributed by atoms with Crippen LogP contribution in [0.4, 0.5) is 5.13 Å². The lowest BCUT2D eigenvalue weighted by molar-refractivity contribution is 0.102. The second-order valence-electron chi connectivity index (χ2n) is 5.26. The van der Waals surface area contributed by atoms with Crippen molar-refractivity contribution in [3.8, 4) is 22.2 Å². The molecule has 0 radical (unpaired) electrons. The van der Waals surface area contributed by atoms with Gasteiger partial charge >= 0.3 is 0 Å². The molecule has 7 nitrogen and oxygen atoms in total. The summed E-state index contributed by atoms with van der Waals surface area (Å²) >= 11 is 4.56. The van der Waals surface area contributed by atoms with Gasteiger partial charge < -0.3 is 14.4 Å². The van der Waals surface area contributed by atoms with Crippen LogP contribution in [0, 0.1) is 6.92 Å². The molecule has 3 rings (SSSR count). The van der Waals surface area contributed by atoms with Crippen LogP contribution in [0.25, 0.3) is 10.7 Å². The number of phenolic OH excluding ortho intramolecular Hbond substituents is 1. The maximum atomic E-state index is 12.5. The number of anilines is 1. The van der Waals surface area contributed by atoms with E-state index in [0.717, 1.165) is 16.4 Å². The topological polar surface area (TPSA) is 89.3 Å². The highest BCUT2D eigenvalue weighted by molar-refractivity contribution is 9.10. The molecular formula is C16H15BrN4O3S. The predicted molar refractivity (Wildman–Crippen MR) is 99.4 cm³/mol. The molecule has 0 fully saturated rings. The predicted octanol–water partition coefficient (Wildman–Crippen LogP) is 3.58. The number of nitrogens with one attached hydrogen (secondary N) is 1. The zero-order valence-electron chi connectivity index (χ0n) is 13.7. The summed E-state index contributed by atoms with van der Waals surface area (Å²) in [6.07, 6.45) is 3.57. The van der Waals surface area contributed by atoms with Gasteiger partial charge in [-0.1, -0.05) is 11.3 Å². The summed E-state index contributed by atoms with van der Waals surface area (Å²) in [5.41, 5.74) is 1.13. The molecule has 0 saturated carbocycles. The number of imidazole rings is 1. The first-order valence-corrected chi connectivity index (χ1v) is 8.84. The van der Waals surface area contributed by atoms with Gasteiger partial charge in [0.1, 0.15) is 0 Å². The molecule has 3 aromatic rings. The van der Waals surface area contributed by atoms with Gasteiger partial charge in [-0.25, -0.2) is 9.97 Å². The van der Waals surface area contributed by atoms with E-state index in [1.807, 2.05) is 24.7 Å². The highest BCUT2D eigenvalue weighted by Gasteiger charge is 2.18. The number of halogens is 1. The van der Waals surface area contributed by atoms with Crippen LogP contribution in [-0.2, 0) is 7.05 Å². The van der Waals surface area contributed by atoms with Gasteiger partial charge in [0.15, 0.2) is 22.5 Å². The van der Waals surface area contributed by atoms with E-state index >= 15 is 0 Å². The molecule has 0 spiro atoms. The second-order valence-corrected chi connectivity index (χ2v) is 7.11. The number of aromatic nitrogens is 3. The van der Waals surface area contributed by atoms with Crippen molar-refractivity contribution in [1.82, 2.24) is 14.5 Å². The van der Waals surface area contributed by atoms with Gasteiger partial charge in [-0.3, -0.25) is 10.1 Å². The van der Waals surface area contributed by atoms with E-state index in [9.17, 15) is 9.90 Å². The Balaban J connectivity index is 1.87. The highest BCUT2D eigenvalue weighted by atomic mass is 79.9. The number of rotatable bonds is 4. The van der Waals surface area contributed by atoms with Gasteiger partial charge in [0, 0.05) is 25.0 Å². The summed E-state index contributed by atoms with van der Waals surface area (Å²) in [4.78, 5) is 22.1. The van der Waals surface area contributed by atoms with Crippen LogP contribution >= 0.6 is 27.3 Å². The van der Waals surface area contributed by atoms with E-state index in [0.29, 0.717) is 15.2 Å². The number of methoxy groups -OCH3 is 1. The molecule has 0 atom stereocenters. The Labute approximate surface area is 156 Å². The van der Waals surface area contributed by atoms with Crippen molar-refractivity contribution in [3.63, 3.8) is 0 Å². The number of amides is 1. The minimum absolute atomic E-state index is 0.0544. The molecule has 2 heterocycles. The van der Waals surface area contributed by atoms with E-state index in [2.05, 4.69) is 31.2 Å². The van der Waals surface area contributed by atoms with Crippen molar-refractivity contribution in [3.05, 3.63) is 40.3 Å². The maximum Gasteiger partial charge on any atom is 0.257 e. The molecule has 2 N–H and O–H groups in total. The summed E-state index contributed by atoms with van der Waals surface area (Å²) in [5, 5.41) is 13.1. The summed E-state index contributed by atoms with van der Waals surface area (Å²) in [6.45, 7) is 1.87. The van der Waals surface area contributed by atoms with Crippen LogP contribution in [0.1, 0.15) is 16.1 Å². The Morgan fingerprint density at radius 2 is 2.20 bits per heavy atom. The minimum Gasteiger partial charge on any atom is -0.503 e. The second kappa shape index (κ2) is 6.85. The zero-order chi connectivity index (χ0) is 18.1. The number of hydrogen-bond donors (Lipinski definition) is 2. The lowest BCUT2D eigenvalue weighted by Gasteiger charge is -2.08. The summed E-state index contributed by atoms with van der Waals surface area (Å²) in [6, 6.07) is 2.99. The average Bonchev–Trinajstić information content (AvgIpc) is 3.15. The van der Waals surface area contributed by atoms with Gasteiger partial charge in [0.25, 0.3) is 5.91 Å². The summed E-state index contributed by atoms with van der Waals surface area (Å²) < 4.78 is 7.34. The average molecular weight is 423 g/mol. The fourth-order valence-electron chi connectivity index (χ4n) is 2.27. The molecule has 0 unspecified atom stereocenters. The molecule has 0 aliphatic rings. The highest BCUT2D eigenvalue weighted by Crippen LogP contribution is 2.36. The van der Waals surface area contributed by atoms with Gasteiger partial charge in [0.05, 0.1) is 22.2 Å². The van der Waals surface area contributed by atoms with E-state index in [1.54, 1.807) is 6.20 Å². The number of carbonyl (C=O) groups is 1. The molecule has 0 bridgehead atoms. The lowest BCUT2D eigenvalue weighted by atomic mass is 10.2. The number of carbonyl (C=O) groups excluding carboxylic acids is 1. The first-order valence-electron chi connectivity index (χ1n) is 7.23. The molecule has 2 aromatic heterocycles. The summed E-state index contributed by atoms with van der Waals surface area (Å²) in [7, 11) is 3.33. The van der Waals surface area contributed by atoms with Gasteiger partial charge in [0.2, 0.25) is 0 Å². The first-order chi connectivity index (χ1) is 11.9. The number of aromatic hydroxyl groups is 1. The van der Waals surface area contributed by atoms with Crippen LogP contribution in [0.2, 0.25) is 0 Å². The Morgan fingerprint density at radius 1 is 1.44 bits per heavy atom. The van der Waals surface area contributed by atoms with Crippen LogP contribution < -0.4 is 10.1 Å². The number of phenols is 1. The third-order valence-electron chi connectivity index (χ3n) is 3.55. The van der Waals surface area contributed by atoms with Crippen molar-refractivity contribution in [2.24, 2.45) is 7.05 Å². The Bertz CT molecular complexity index is 951. The minimum atomic E-state index is -0.348. The van der Waals surface area contributed by atoms with E-state index < -0.39 is 0 Å². The normalized spacial score (nSPS) is 10.7. The van der Waals surface area contributed by atoms with Crippen molar-refractivity contribution in [2.45, 2.75) is 6.92 Å². The quantitative estimate of drug-likeness (QED) is 0.670. The number of nitrogens with zero attached hydrogens (tertiary/aromatic N) is 3. The number of hydrogen-bond acceptors (Lipinski definition) is 6. The fraction of sp³-hybridized carbons (Fsp3) is 0.188. The van der Waals surface area contributed by atoms with Crippen LogP contribution in [0.5, 0.6) is 11.5 Å². The Hall–Kier alpha value is -2.39. The molecule has 130 valence electrons. The third-order valence-corrected chi connectivity index (χ3v) is 5.23. The number of ether oxygens (including phenoxy) is 1. The van der Waals surface area contributed by atoms with Crippen molar-refractivity contribution < 1.29 is 14.6 Å². The van der Waals surface area contributed by atoms with Crippen molar-refractivity contribution in [1.29, 1.82) is 0 Å². The van der Waals surface area contributed by atoms with E-state index in [4.69, 9.17) is 4.74 Å².